The van der Waals surface area contributed by atoms with Crippen LogP contribution in [0.3, 0.4) is 0 Å². The number of para-hydroxylation sites is 1. The Morgan fingerprint density at radius 1 is 0.885 bits per heavy atom. The van der Waals surface area contributed by atoms with Crippen LogP contribution in [-0.4, -0.2) is 15.5 Å². The van der Waals surface area contributed by atoms with Crippen LogP contribution in [0.15, 0.2) is 83.8 Å². The molecule has 0 atom stereocenters. The fourth-order valence-electron chi connectivity index (χ4n) is 2.52. The Balaban J connectivity index is 1.73. The summed E-state index contributed by atoms with van der Waals surface area (Å²) in [6.45, 7) is 0.565. The summed E-state index contributed by atoms with van der Waals surface area (Å²) in [6, 6.07) is 23.3. The summed E-state index contributed by atoms with van der Waals surface area (Å²) in [5, 5.41) is 3.95. The molecule has 0 unspecified atom stereocenters. The summed E-state index contributed by atoms with van der Waals surface area (Å²) in [5.41, 5.74) is 2.43. The van der Waals surface area contributed by atoms with Crippen molar-refractivity contribution < 1.29 is 8.42 Å². The molecule has 3 aromatic carbocycles. The maximum absolute atomic E-state index is 12.8. The highest BCUT2D eigenvalue weighted by molar-refractivity contribution is 7.92. The van der Waals surface area contributed by atoms with Gasteiger partial charge in [0.1, 0.15) is 0 Å². The molecule has 3 rings (SSSR count). The fraction of sp³-hybridized carbons (Fsp3) is 0.100. The van der Waals surface area contributed by atoms with E-state index >= 15 is 0 Å². The van der Waals surface area contributed by atoms with Gasteiger partial charge in [0.2, 0.25) is 0 Å². The van der Waals surface area contributed by atoms with E-state index in [0.717, 1.165) is 11.3 Å². The molecule has 0 heterocycles. The van der Waals surface area contributed by atoms with Gasteiger partial charge in [0.15, 0.2) is 0 Å². The molecule has 0 radical (unpaired) electrons. The zero-order valence-electron chi connectivity index (χ0n) is 14.3. The summed E-state index contributed by atoms with van der Waals surface area (Å²) < 4.78 is 26.8. The third kappa shape index (κ3) is 4.00. The SMILES string of the molecule is CN(c1ccccc1)S(=O)(=O)c1ccc(NCc2ccccc2Cl)cc1. The van der Waals surface area contributed by atoms with Crippen molar-refractivity contribution in [1.82, 2.24) is 0 Å². The third-order valence-electron chi connectivity index (χ3n) is 4.07. The van der Waals surface area contributed by atoms with Crippen molar-refractivity contribution in [3.05, 3.63) is 89.4 Å². The van der Waals surface area contributed by atoms with Crippen LogP contribution >= 0.6 is 11.6 Å². The van der Waals surface area contributed by atoms with Crippen LogP contribution in [-0.2, 0) is 16.6 Å². The van der Waals surface area contributed by atoms with Crippen molar-refractivity contribution in [2.45, 2.75) is 11.4 Å². The number of sulfonamides is 1. The Hall–Kier alpha value is -2.50. The second kappa shape index (κ2) is 7.81. The lowest BCUT2D eigenvalue weighted by atomic mass is 10.2. The van der Waals surface area contributed by atoms with Crippen LogP contribution in [0.4, 0.5) is 11.4 Å². The molecular formula is C20H19ClN2O2S. The normalized spacial score (nSPS) is 11.2. The molecule has 0 saturated carbocycles. The van der Waals surface area contributed by atoms with Crippen LogP contribution < -0.4 is 9.62 Å². The van der Waals surface area contributed by atoms with E-state index in [9.17, 15) is 8.42 Å². The van der Waals surface area contributed by atoms with E-state index in [0.29, 0.717) is 17.3 Å². The Labute approximate surface area is 159 Å². The molecule has 4 nitrogen and oxygen atoms in total. The number of hydrogen-bond acceptors (Lipinski definition) is 3. The third-order valence-corrected chi connectivity index (χ3v) is 6.24. The summed E-state index contributed by atoms with van der Waals surface area (Å²) >= 11 is 6.14. The largest absolute Gasteiger partial charge is 0.381 e. The first-order chi connectivity index (χ1) is 12.5. The van der Waals surface area contributed by atoms with E-state index in [-0.39, 0.29) is 4.90 Å². The molecule has 0 amide bonds. The van der Waals surface area contributed by atoms with Crippen molar-refractivity contribution in [2.24, 2.45) is 0 Å². The second-order valence-electron chi connectivity index (χ2n) is 5.78. The minimum Gasteiger partial charge on any atom is -0.381 e. The molecule has 0 bridgehead atoms. The van der Waals surface area contributed by atoms with Crippen molar-refractivity contribution in [2.75, 3.05) is 16.7 Å². The molecule has 0 spiro atoms. The van der Waals surface area contributed by atoms with E-state index in [1.54, 1.807) is 43.4 Å². The minimum atomic E-state index is -3.60. The Kier molecular flexibility index (Phi) is 5.49. The highest BCUT2D eigenvalue weighted by Gasteiger charge is 2.20. The number of nitrogens with one attached hydrogen (secondary N) is 1. The zero-order valence-corrected chi connectivity index (χ0v) is 15.8. The van der Waals surface area contributed by atoms with E-state index in [1.165, 1.54) is 4.31 Å². The highest BCUT2D eigenvalue weighted by atomic mass is 35.5. The first-order valence-corrected chi connectivity index (χ1v) is 9.91. The number of anilines is 2. The van der Waals surface area contributed by atoms with E-state index < -0.39 is 10.0 Å². The van der Waals surface area contributed by atoms with Crippen LogP contribution in [0.2, 0.25) is 5.02 Å². The van der Waals surface area contributed by atoms with Gasteiger partial charge in [-0.25, -0.2) is 8.42 Å². The molecule has 3 aromatic rings. The Morgan fingerprint density at radius 3 is 2.15 bits per heavy atom. The van der Waals surface area contributed by atoms with E-state index in [2.05, 4.69) is 5.32 Å². The number of nitrogens with zero attached hydrogens (tertiary/aromatic N) is 1. The topological polar surface area (TPSA) is 49.4 Å². The molecule has 0 aliphatic carbocycles. The predicted molar refractivity (Wildman–Crippen MR) is 107 cm³/mol. The first-order valence-electron chi connectivity index (χ1n) is 8.10. The van der Waals surface area contributed by atoms with Gasteiger partial charge in [-0.2, -0.15) is 0 Å². The number of hydrogen-bond donors (Lipinski definition) is 1. The molecule has 0 fully saturated rings. The molecule has 0 aromatic heterocycles. The molecule has 0 saturated heterocycles. The Morgan fingerprint density at radius 2 is 1.50 bits per heavy atom. The van der Waals surface area contributed by atoms with Crippen LogP contribution in [0.5, 0.6) is 0 Å². The maximum atomic E-state index is 12.8. The van der Waals surface area contributed by atoms with E-state index in [1.807, 2.05) is 42.5 Å². The van der Waals surface area contributed by atoms with Gasteiger partial charge in [-0.15, -0.1) is 0 Å². The standard InChI is InChI=1S/C20H19ClN2O2S/c1-23(18-8-3-2-4-9-18)26(24,25)19-13-11-17(12-14-19)22-15-16-7-5-6-10-20(16)21/h2-14,22H,15H2,1H3. The summed E-state index contributed by atoms with van der Waals surface area (Å²) in [6.07, 6.45) is 0. The lowest BCUT2D eigenvalue weighted by Gasteiger charge is -2.19. The van der Waals surface area contributed by atoms with Crippen molar-refractivity contribution in [3.63, 3.8) is 0 Å². The molecule has 0 aliphatic rings. The molecule has 0 aliphatic heterocycles. The van der Waals surface area contributed by atoms with Gasteiger partial charge in [-0.05, 0) is 48.0 Å². The van der Waals surface area contributed by atoms with Gasteiger partial charge in [0.05, 0.1) is 10.6 Å². The van der Waals surface area contributed by atoms with Gasteiger partial charge in [-0.1, -0.05) is 48.0 Å². The van der Waals surface area contributed by atoms with Gasteiger partial charge >= 0.3 is 0 Å². The number of halogens is 1. The average molecular weight is 387 g/mol. The van der Waals surface area contributed by atoms with Crippen LogP contribution in [0.25, 0.3) is 0 Å². The quantitative estimate of drug-likeness (QED) is 0.663. The molecule has 6 heteroatoms. The van der Waals surface area contributed by atoms with Gasteiger partial charge in [0.25, 0.3) is 10.0 Å². The monoisotopic (exact) mass is 386 g/mol. The van der Waals surface area contributed by atoms with Crippen molar-refractivity contribution in [3.8, 4) is 0 Å². The summed E-state index contributed by atoms with van der Waals surface area (Å²) in [4.78, 5) is 0.243. The fourth-order valence-corrected chi connectivity index (χ4v) is 3.92. The Bertz CT molecular complexity index is 974. The number of benzene rings is 3. The molecule has 1 N–H and O–H groups in total. The summed E-state index contributed by atoms with van der Waals surface area (Å²) in [7, 11) is -2.05. The lowest BCUT2D eigenvalue weighted by Crippen LogP contribution is -2.26. The van der Waals surface area contributed by atoms with Gasteiger partial charge in [-0.3, -0.25) is 4.31 Å². The summed E-state index contributed by atoms with van der Waals surface area (Å²) in [5.74, 6) is 0. The smallest absolute Gasteiger partial charge is 0.264 e. The van der Waals surface area contributed by atoms with Gasteiger partial charge < -0.3 is 5.32 Å². The zero-order chi connectivity index (χ0) is 18.6. The van der Waals surface area contributed by atoms with Gasteiger partial charge in [0, 0.05) is 24.3 Å². The molecular weight excluding hydrogens is 368 g/mol. The van der Waals surface area contributed by atoms with E-state index in [4.69, 9.17) is 11.6 Å². The van der Waals surface area contributed by atoms with Crippen molar-refractivity contribution >= 4 is 33.0 Å². The molecule has 26 heavy (non-hydrogen) atoms. The lowest BCUT2D eigenvalue weighted by molar-refractivity contribution is 0.594. The number of rotatable bonds is 6. The maximum Gasteiger partial charge on any atom is 0.264 e. The van der Waals surface area contributed by atoms with Crippen LogP contribution in [0.1, 0.15) is 5.56 Å². The van der Waals surface area contributed by atoms with Crippen LogP contribution in [0, 0.1) is 0 Å². The first kappa shape index (κ1) is 18.3. The minimum absolute atomic E-state index is 0.243. The molecule has 134 valence electrons. The second-order valence-corrected chi connectivity index (χ2v) is 8.15. The predicted octanol–water partition coefficient (Wildman–Crippen LogP) is 4.78. The average Bonchev–Trinajstić information content (AvgIpc) is 2.68. The van der Waals surface area contributed by atoms with Crippen molar-refractivity contribution in [1.29, 1.82) is 0 Å². The highest BCUT2D eigenvalue weighted by Crippen LogP contribution is 2.23.